The number of halogens is 1. The summed E-state index contributed by atoms with van der Waals surface area (Å²) in [6.45, 7) is 8.67. The third kappa shape index (κ3) is 4.66. The van der Waals surface area contributed by atoms with Crippen LogP contribution in [-0.4, -0.2) is 19.8 Å². The normalized spacial score (nSPS) is 12.7. The van der Waals surface area contributed by atoms with E-state index in [4.69, 9.17) is 16.3 Å². The average Bonchev–Trinajstić information content (AvgIpc) is 2.33. The second kappa shape index (κ2) is 7.70. The summed E-state index contributed by atoms with van der Waals surface area (Å²) < 4.78 is 5.52. The summed E-state index contributed by atoms with van der Waals surface area (Å²) in [7, 11) is 0. The predicted molar refractivity (Wildman–Crippen MR) is 73.7 cm³/mol. The Labute approximate surface area is 109 Å². The molecule has 0 radical (unpaired) electrons. The molecule has 2 nitrogen and oxygen atoms in total. The molecule has 1 aromatic carbocycles. The van der Waals surface area contributed by atoms with Gasteiger partial charge in [-0.2, -0.15) is 0 Å². The lowest BCUT2D eigenvalue weighted by Crippen LogP contribution is -2.26. The third-order valence-corrected chi connectivity index (χ3v) is 3.14. The lowest BCUT2D eigenvalue weighted by atomic mass is 10.0. The Morgan fingerprint density at radius 3 is 2.71 bits per heavy atom. The van der Waals surface area contributed by atoms with Gasteiger partial charge in [-0.3, -0.25) is 0 Å². The van der Waals surface area contributed by atoms with Crippen molar-refractivity contribution in [3.05, 3.63) is 34.3 Å². The number of hydrogen-bond donors (Lipinski definition) is 1. The van der Waals surface area contributed by atoms with Gasteiger partial charge in [0.1, 0.15) is 0 Å². The summed E-state index contributed by atoms with van der Waals surface area (Å²) in [4.78, 5) is 0. The minimum atomic E-state index is 0.255. The van der Waals surface area contributed by atoms with Crippen LogP contribution in [0, 0.1) is 6.92 Å². The van der Waals surface area contributed by atoms with Crippen molar-refractivity contribution in [3.8, 4) is 0 Å². The highest BCUT2D eigenvalue weighted by Crippen LogP contribution is 2.21. The van der Waals surface area contributed by atoms with Crippen molar-refractivity contribution in [2.45, 2.75) is 33.2 Å². The van der Waals surface area contributed by atoms with Gasteiger partial charge in [0, 0.05) is 11.6 Å². The molecular formula is C14H22ClNO. The lowest BCUT2D eigenvalue weighted by Gasteiger charge is -2.19. The van der Waals surface area contributed by atoms with Crippen molar-refractivity contribution >= 4 is 11.6 Å². The summed E-state index contributed by atoms with van der Waals surface area (Å²) in [5.41, 5.74) is 2.36. The van der Waals surface area contributed by atoms with E-state index in [1.165, 1.54) is 5.56 Å². The van der Waals surface area contributed by atoms with Crippen LogP contribution in [0.5, 0.6) is 0 Å². The van der Waals surface area contributed by atoms with Gasteiger partial charge in [-0.25, -0.2) is 0 Å². The first-order chi connectivity index (χ1) is 8.19. The number of ether oxygens (including phenoxy) is 1. The van der Waals surface area contributed by atoms with E-state index < -0.39 is 0 Å². The smallest absolute Gasteiger partial charge is 0.0661 e. The van der Waals surface area contributed by atoms with E-state index in [1.54, 1.807) is 0 Å². The maximum atomic E-state index is 6.04. The Morgan fingerprint density at radius 1 is 1.35 bits per heavy atom. The van der Waals surface area contributed by atoms with Crippen LogP contribution >= 0.6 is 11.6 Å². The van der Waals surface area contributed by atoms with Gasteiger partial charge in [0.25, 0.3) is 0 Å². The molecule has 0 saturated carbocycles. The van der Waals surface area contributed by atoms with Crippen molar-refractivity contribution in [1.82, 2.24) is 5.32 Å². The lowest BCUT2D eigenvalue weighted by molar-refractivity contribution is 0.123. The van der Waals surface area contributed by atoms with Crippen LogP contribution in [0.4, 0.5) is 0 Å². The number of hydrogen-bond acceptors (Lipinski definition) is 2. The predicted octanol–water partition coefficient (Wildman–Crippen LogP) is 3.73. The fourth-order valence-corrected chi connectivity index (χ4v) is 1.83. The third-order valence-electron chi connectivity index (χ3n) is 2.71. The number of aryl methyl sites for hydroxylation is 1. The Morgan fingerprint density at radius 2 is 2.12 bits per heavy atom. The fraction of sp³-hybridized carbons (Fsp3) is 0.571. The van der Waals surface area contributed by atoms with E-state index in [2.05, 4.69) is 24.4 Å². The van der Waals surface area contributed by atoms with Gasteiger partial charge in [-0.15, -0.1) is 0 Å². The molecule has 0 aromatic heterocycles. The minimum absolute atomic E-state index is 0.255. The standard InChI is InChI=1S/C14H22ClNO/c1-4-8-16-14(10-17-5-2)12-6-7-13(15)11(3)9-12/h6-7,9,14,16H,4-5,8,10H2,1-3H3. The molecular weight excluding hydrogens is 234 g/mol. The molecule has 0 fully saturated rings. The van der Waals surface area contributed by atoms with E-state index in [0.29, 0.717) is 6.61 Å². The molecule has 1 rings (SSSR count). The number of nitrogens with one attached hydrogen (secondary N) is 1. The molecule has 0 aliphatic heterocycles. The molecule has 0 saturated heterocycles. The van der Waals surface area contributed by atoms with Crippen LogP contribution < -0.4 is 5.32 Å². The van der Waals surface area contributed by atoms with Crippen LogP contribution in [0.3, 0.4) is 0 Å². The summed E-state index contributed by atoms with van der Waals surface area (Å²) in [6, 6.07) is 6.42. The number of rotatable bonds is 7. The molecule has 0 bridgehead atoms. The zero-order valence-corrected chi connectivity index (χ0v) is 11.7. The molecule has 96 valence electrons. The largest absolute Gasteiger partial charge is 0.380 e. The molecule has 3 heteroatoms. The molecule has 1 atom stereocenters. The zero-order valence-electron chi connectivity index (χ0n) is 10.9. The second-order valence-electron chi connectivity index (χ2n) is 4.17. The highest BCUT2D eigenvalue weighted by atomic mass is 35.5. The summed E-state index contributed by atoms with van der Waals surface area (Å²) >= 11 is 6.04. The maximum Gasteiger partial charge on any atom is 0.0661 e. The van der Waals surface area contributed by atoms with E-state index >= 15 is 0 Å². The van der Waals surface area contributed by atoms with Gasteiger partial charge in [-0.1, -0.05) is 30.7 Å². The molecule has 0 aliphatic rings. The second-order valence-corrected chi connectivity index (χ2v) is 4.58. The van der Waals surface area contributed by atoms with Crippen LogP contribution in [0.1, 0.15) is 37.4 Å². The fourth-order valence-electron chi connectivity index (χ4n) is 1.71. The Bertz CT molecular complexity index is 333. The van der Waals surface area contributed by atoms with E-state index in [-0.39, 0.29) is 6.04 Å². The highest BCUT2D eigenvalue weighted by molar-refractivity contribution is 6.31. The Kier molecular flexibility index (Phi) is 6.56. The molecule has 1 aromatic rings. The maximum absolute atomic E-state index is 6.04. The van der Waals surface area contributed by atoms with Gasteiger partial charge >= 0.3 is 0 Å². The van der Waals surface area contributed by atoms with Gasteiger partial charge in [0.15, 0.2) is 0 Å². The summed E-state index contributed by atoms with van der Waals surface area (Å²) in [6.07, 6.45) is 1.12. The molecule has 0 heterocycles. The molecule has 1 unspecified atom stereocenters. The van der Waals surface area contributed by atoms with Crippen LogP contribution in [0.15, 0.2) is 18.2 Å². The molecule has 0 aliphatic carbocycles. The van der Waals surface area contributed by atoms with Gasteiger partial charge < -0.3 is 10.1 Å². The van der Waals surface area contributed by atoms with Crippen LogP contribution in [-0.2, 0) is 4.74 Å². The zero-order chi connectivity index (χ0) is 12.7. The first-order valence-corrected chi connectivity index (χ1v) is 6.64. The van der Waals surface area contributed by atoms with Crippen LogP contribution in [0.2, 0.25) is 5.02 Å². The van der Waals surface area contributed by atoms with Gasteiger partial charge in [0.05, 0.1) is 12.6 Å². The van der Waals surface area contributed by atoms with Gasteiger partial charge in [0.2, 0.25) is 0 Å². The molecule has 1 N–H and O–H groups in total. The van der Waals surface area contributed by atoms with E-state index in [0.717, 1.165) is 30.2 Å². The van der Waals surface area contributed by atoms with Crippen molar-refractivity contribution in [3.63, 3.8) is 0 Å². The van der Waals surface area contributed by atoms with E-state index in [1.807, 2.05) is 19.9 Å². The monoisotopic (exact) mass is 255 g/mol. The topological polar surface area (TPSA) is 21.3 Å². The SMILES string of the molecule is CCCNC(COCC)c1ccc(Cl)c(C)c1. The summed E-state index contributed by atoms with van der Waals surface area (Å²) in [5, 5.41) is 4.32. The van der Waals surface area contributed by atoms with Crippen molar-refractivity contribution in [2.24, 2.45) is 0 Å². The first-order valence-electron chi connectivity index (χ1n) is 6.26. The van der Waals surface area contributed by atoms with Gasteiger partial charge in [-0.05, 0) is 44.0 Å². The van der Waals surface area contributed by atoms with E-state index in [9.17, 15) is 0 Å². The Balaban J connectivity index is 2.75. The molecule has 0 amide bonds. The Hall–Kier alpha value is -0.570. The minimum Gasteiger partial charge on any atom is -0.380 e. The average molecular weight is 256 g/mol. The van der Waals surface area contributed by atoms with Crippen LogP contribution in [0.25, 0.3) is 0 Å². The molecule has 17 heavy (non-hydrogen) atoms. The molecule has 0 spiro atoms. The highest BCUT2D eigenvalue weighted by Gasteiger charge is 2.11. The quantitative estimate of drug-likeness (QED) is 0.802. The summed E-state index contributed by atoms with van der Waals surface area (Å²) in [5.74, 6) is 0. The number of benzene rings is 1. The van der Waals surface area contributed by atoms with Crippen molar-refractivity contribution in [1.29, 1.82) is 0 Å². The van der Waals surface area contributed by atoms with Crippen molar-refractivity contribution in [2.75, 3.05) is 19.8 Å². The van der Waals surface area contributed by atoms with Crippen molar-refractivity contribution < 1.29 is 4.74 Å². The first kappa shape index (κ1) is 14.5.